The van der Waals surface area contributed by atoms with Gasteiger partial charge in [0.1, 0.15) is 23.8 Å². The zero-order valence-electron chi connectivity index (χ0n) is 14.4. The summed E-state index contributed by atoms with van der Waals surface area (Å²) < 4.78 is 0. The first-order valence-corrected chi connectivity index (χ1v) is 8.27. The maximum atomic E-state index is 11.5. The molecule has 3 N–H and O–H groups in total. The Morgan fingerprint density at radius 3 is 2.84 bits per heavy atom. The monoisotopic (exact) mass is 342 g/mol. The third-order valence-electron chi connectivity index (χ3n) is 4.22. The van der Waals surface area contributed by atoms with Gasteiger partial charge < -0.3 is 20.9 Å². The van der Waals surface area contributed by atoms with Crippen LogP contribution in [0.1, 0.15) is 23.3 Å². The van der Waals surface area contributed by atoms with Gasteiger partial charge in [-0.15, -0.1) is 10.2 Å². The Labute approximate surface area is 146 Å². The number of aromatic nitrogens is 4. The van der Waals surface area contributed by atoms with Crippen LogP contribution in [-0.2, 0) is 0 Å². The van der Waals surface area contributed by atoms with Crippen molar-refractivity contribution < 1.29 is 4.79 Å². The number of nitrogens with zero attached hydrogens (tertiary/aromatic N) is 5. The molecule has 9 heteroatoms. The first-order chi connectivity index (χ1) is 12.2. The third-order valence-corrected chi connectivity index (χ3v) is 4.22. The largest absolute Gasteiger partial charge is 0.373 e. The van der Waals surface area contributed by atoms with Crippen LogP contribution in [0, 0.1) is 0 Å². The molecule has 1 atom stereocenters. The molecule has 0 aliphatic carbocycles. The summed E-state index contributed by atoms with van der Waals surface area (Å²) in [5.74, 6) is 2.13. The number of hydrogen-bond acceptors (Lipinski definition) is 8. The van der Waals surface area contributed by atoms with Crippen molar-refractivity contribution in [1.82, 2.24) is 25.5 Å². The summed E-state index contributed by atoms with van der Waals surface area (Å²) in [4.78, 5) is 22.3. The second-order valence-electron chi connectivity index (χ2n) is 5.76. The lowest BCUT2D eigenvalue weighted by atomic mass is 10.2. The molecule has 2 aromatic rings. The van der Waals surface area contributed by atoms with E-state index in [1.807, 2.05) is 13.1 Å². The van der Waals surface area contributed by atoms with Crippen molar-refractivity contribution in [1.29, 1.82) is 0 Å². The predicted octanol–water partition coefficient (Wildman–Crippen LogP) is 0.749. The second kappa shape index (κ2) is 7.73. The molecule has 3 heterocycles. The van der Waals surface area contributed by atoms with Crippen LogP contribution in [0.2, 0.25) is 0 Å². The van der Waals surface area contributed by atoms with Crippen LogP contribution >= 0.6 is 0 Å². The van der Waals surface area contributed by atoms with Gasteiger partial charge in [0, 0.05) is 39.3 Å². The number of hydrogen-bond donors (Lipinski definition) is 3. The molecule has 0 bridgehead atoms. The summed E-state index contributed by atoms with van der Waals surface area (Å²) >= 11 is 0. The van der Waals surface area contributed by atoms with Gasteiger partial charge in [-0.25, -0.2) is 9.97 Å². The van der Waals surface area contributed by atoms with Crippen LogP contribution in [0.25, 0.3) is 0 Å². The normalized spacial score (nSPS) is 16.6. The standard InChI is InChI=1S/C16H22N8O/c1-17-14-8-15(21-10-20-14)24-7-3-4-11(24)9-19-13-6-5-12(22-23-13)16(25)18-2/h5-6,8,10-11H,3-4,7,9H2,1-2H3,(H,18,25)(H,19,23)(H,17,20,21). The maximum absolute atomic E-state index is 11.5. The lowest BCUT2D eigenvalue weighted by Gasteiger charge is -2.26. The molecule has 1 aliphatic heterocycles. The minimum Gasteiger partial charge on any atom is -0.373 e. The van der Waals surface area contributed by atoms with Gasteiger partial charge >= 0.3 is 0 Å². The van der Waals surface area contributed by atoms with Crippen LogP contribution < -0.4 is 20.9 Å². The van der Waals surface area contributed by atoms with Gasteiger partial charge in [0.15, 0.2) is 5.69 Å². The van der Waals surface area contributed by atoms with Crippen LogP contribution in [0.3, 0.4) is 0 Å². The van der Waals surface area contributed by atoms with Crippen LogP contribution in [0.15, 0.2) is 24.5 Å². The molecule has 1 aliphatic rings. The van der Waals surface area contributed by atoms with E-state index in [1.165, 1.54) is 0 Å². The summed E-state index contributed by atoms with van der Waals surface area (Å²) in [6.45, 7) is 1.70. The van der Waals surface area contributed by atoms with Crippen LogP contribution in [-0.4, -0.2) is 59.3 Å². The molecule has 132 valence electrons. The van der Waals surface area contributed by atoms with Crippen molar-refractivity contribution >= 4 is 23.4 Å². The quantitative estimate of drug-likeness (QED) is 0.706. The second-order valence-corrected chi connectivity index (χ2v) is 5.76. The summed E-state index contributed by atoms with van der Waals surface area (Å²) in [6, 6.07) is 5.70. The Bertz CT molecular complexity index is 720. The summed E-state index contributed by atoms with van der Waals surface area (Å²) in [6.07, 6.45) is 3.77. The molecule has 0 radical (unpaired) electrons. The fraction of sp³-hybridized carbons (Fsp3) is 0.438. The Kier molecular flexibility index (Phi) is 5.22. The Morgan fingerprint density at radius 2 is 2.12 bits per heavy atom. The van der Waals surface area contributed by atoms with E-state index in [9.17, 15) is 4.79 Å². The first-order valence-electron chi connectivity index (χ1n) is 8.27. The molecule has 3 rings (SSSR count). The highest BCUT2D eigenvalue weighted by Crippen LogP contribution is 2.25. The lowest BCUT2D eigenvalue weighted by molar-refractivity contribution is 0.0957. The van der Waals surface area contributed by atoms with Crippen LogP contribution in [0.5, 0.6) is 0 Å². The molecule has 1 fully saturated rings. The molecule has 1 saturated heterocycles. The molecule has 0 spiro atoms. The van der Waals surface area contributed by atoms with Gasteiger partial charge in [-0.2, -0.15) is 0 Å². The molecule has 1 amide bonds. The van der Waals surface area contributed by atoms with Gasteiger partial charge in [-0.3, -0.25) is 4.79 Å². The number of nitrogens with one attached hydrogen (secondary N) is 3. The fourth-order valence-electron chi connectivity index (χ4n) is 2.89. The minimum atomic E-state index is -0.245. The number of anilines is 3. The average molecular weight is 342 g/mol. The Balaban J connectivity index is 1.62. The van der Waals surface area contributed by atoms with Gasteiger partial charge in [0.25, 0.3) is 5.91 Å². The van der Waals surface area contributed by atoms with E-state index in [1.54, 1.807) is 25.5 Å². The van der Waals surface area contributed by atoms with Crippen LogP contribution in [0.4, 0.5) is 17.5 Å². The predicted molar refractivity (Wildman–Crippen MR) is 95.9 cm³/mol. The van der Waals surface area contributed by atoms with Gasteiger partial charge in [0.2, 0.25) is 0 Å². The molecule has 1 unspecified atom stereocenters. The molecule has 0 aromatic carbocycles. The van der Waals surface area contributed by atoms with Crippen molar-refractivity contribution in [3.05, 3.63) is 30.2 Å². The van der Waals surface area contributed by atoms with E-state index in [-0.39, 0.29) is 5.91 Å². The highest BCUT2D eigenvalue weighted by molar-refractivity contribution is 5.91. The van der Waals surface area contributed by atoms with Crippen molar-refractivity contribution in [2.24, 2.45) is 0 Å². The molecular weight excluding hydrogens is 320 g/mol. The third kappa shape index (κ3) is 3.93. The van der Waals surface area contributed by atoms with E-state index >= 15 is 0 Å². The van der Waals surface area contributed by atoms with Crippen molar-refractivity contribution in [2.45, 2.75) is 18.9 Å². The lowest BCUT2D eigenvalue weighted by Crippen LogP contribution is -2.35. The molecule has 25 heavy (non-hydrogen) atoms. The number of carbonyl (C=O) groups is 1. The van der Waals surface area contributed by atoms with E-state index in [0.29, 0.717) is 17.6 Å². The number of rotatable bonds is 6. The number of amides is 1. The zero-order valence-corrected chi connectivity index (χ0v) is 14.4. The van der Waals surface area contributed by atoms with E-state index in [2.05, 4.69) is 41.0 Å². The fourth-order valence-corrected chi connectivity index (χ4v) is 2.89. The van der Waals surface area contributed by atoms with Crippen molar-refractivity contribution in [3.8, 4) is 0 Å². The highest BCUT2D eigenvalue weighted by atomic mass is 16.1. The maximum Gasteiger partial charge on any atom is 0.271 e. The summed E-state index contributed by atoms with van der Waals surface area (Å²) in [5, 5.41) is 16.8. The van der Waals surface area contributed by atoms with Gasteiger partial charge in [-0.1, -0.05) is 0 Å². The van der Waals surface area contributed by atoms with E-state index in [0.717, 1.165) is 37.6 Å². The number of carbonyl (C=O) groups excluding carboxylic acids is 1. The molecule has 0 saturated carbocycles. The smallest absolute Gasteiger partial charge is 0.271 e. The summed E-state index contributed by atoms with van der Waals surface area (Å²) in [7, 11) is 3.41. The highest BCUT2D eigenvalue weighted by Gasteiger charge is 2.25. The Hall–Kier alpha value is -2.97. The molecular formula is C16H22N8O. The van der Waals surface area contributed by atoms with Gasteiger partial charge in [-0.05, 0) is 25.0 Å². The molecule has 2 aromatic heterocycles. The van der Waals surface area contributed by atoms with E-state index in [4.69, 9.17) is 0 Å². The average Bonchev–Trinajstić information content (AvgIpc) is 3.15. The van der Waals surface area contributed by atoms with Crippen molar-refractivity contribution in [2.75, 3.05) is 42.7 Å². The minimum absolute atomic E-state index is 0.245. The Morgan fingerprint density at radius 1 is 1.24 bits per heavy atom. The zero-order chi connectivity index (χ0) is 17.6. The molecule has 9 nitrogen and oxygen atoms in total. The SMILES string of the molecule is CNC(=O)c1ccc(NCC2CCCN2c2cc(NC)ncn2)nn1. The summed E-state index contributed by atoms with van der Waals surface area (Å²) in [5.41, 5.74) is 0.302. The van der Waals surface area contributed by atoms with Crippen molar-refractivity contribution in [3.63, 3.8) is 0 Å². The van der Waals surface area contributed by atoms with E-state index < -0.39 is 0 Å². The van der Waals surface area contributed by atoms with Gasteiger partial charge in [0.05, 0.1) is 0 Å². The topological polar surface area (TPSA) is 108 Å². The first kappa shape index (κ1) is 16.9.